The third-order valence-corrected chi connectivity index (χ3v) is 4.22. The fourth-order valence-electron chi connectivity index (χ4n) is 2.58. The van der Waals surface area contributed by atoms with E-state index in [1.54, 1.807) is 0 Å². The molecule has 0 aliphatic carbocycles. The summed E-state index contributed by atoms with van der Waals surface area (Å²) in [6.07, 6.45) is 9.41. The van der Waals surface area contributed by atoms with E-state index in [4.69, 9.17) is 5.73 Å². The first-order chi connectivity index (χ1) is 10.4. The minimum Gasteiger partial charge on any atom is -0.389 e. The molecule has 0 saturated carbocycles. The number of aliphatic hydroxyl groups is 2. The van der Waals surface area contributed by atoms with Gasteiger partial charge in [-0.1, -0.05) is 63.3 Å². The topological polar surface area (TPSA) is 66.5 Å². The lowest BCUT2D eigenvalue weighted by Crippen LogP contribution is -2.48. The molecular formula is C19H33NO2. The Bertz CT molecular complexity index is 395. The van der Waals surface area contributed by atoms with Gasteiger partial charge in [0.1, 0.15) is 5.72 Å². The predicted octanol–water partition coefficient (Wildman–Crippen LogP) is 3.55. The van der Waals surface area contributed by atoms with Crippen LogP contribution in [0, 0.1) is 0 Å². The molecule has 0 spiro atoms. The molecule has 0 fully saturated rings. The zero-order chi connectivity index (χ0) is 16.4. The van der Waals surface area contributed by atoms with Crippen LogP contribution in [0.1, 0.15) is 69.9 Å². The Hall–Kier alpha value is -0.900. The summed E-state index contributed by atoms with van der Waals surface area (Å²) in [6, 6.07) is 8.58. The van der Waals surface area contributed by atoms with E-state index in [-0.39, 0.29) is 0 Å². The minimum atomic E-state index is -1.52. The van der Waals surface area contributed by atoms with Crippen LogP contribution in [0.5, 0.6) is 0 Å². The van der Waals surface area contributed by atoms with Gasteiger partial charge in [-0.25, -0.2) is 0 Å². The first-order valence-corrected chi connectivity index (χ1v) is 8.70. The summed E-state index contributed by atoms with van der Waals surface area (Å²) in [7, 11) is 0. The van der Waals surface area contributed by atoms with Crippen LogP contribution in [0.3, 0.4) is 0 Å². The van der Waals surface area contributed by atoms with Crippen molar-refractivity contribution in [2.24, 2.45) is 5.73 Å². The highest BCUT2D eigenvalue weighted by Gasteiger charge is 2.24. The average molecular weight is 307 g/mol. The van der Waals surface area contributed by atoms with Gasteiger partial charge >= 0.3 is 0 Å². The maximum absolute atomic E-state index is 9.73. The summed E-state index contributed by atoms with van der Waals surface area (Å²) in [5.41, 5.74) is 6.51. The molecule has 2 atom stereocenters. The molecule has 0 saturated heterocycles. The molecule has 126 valence electrons. The van der Waals surface area contributed by atoms with Crippen LogP contribution in [0.25, 0.3) is 0 Å². The Balaban J connectivity index is 2.25. The second-order valence-electron chi connectivity index (χ2n) is 6.61. The van der Waals surface area contributed by atoms with Crippen molar-refractivity contribution >= 4 is 0 Å². The van der Waals surface area contributed by atoms with Gasteiger partial charge in [0.25, 0.3) is 0 Å². The van der Waals surface area contributed by atoms with Crippen molar-refractivity contribution in [3.05, 3.63) is 35.4 Å². The van der Waals surface area contributed by atoms with E-state index in [1.165, 1.54) is 56.6 Å². The number of benzene rings is 1. The first-order valence-electron chi connectivity index (χ1n) is 8.70. The Morgan fingerprint density at radius 3 is 2.00 bits per heavy atom. The summed E-state index contributed by atoms with van der Waals surface area (Å²) in [5, 5.41) is 19.2. The van der Waals surface area contributed by atoms with E-state index in [9.17, 15) is 10.2 Å². The molecule has 0 amide bonds. The molecule has 0 radical (unpaired) electrons. The second kappa shape index (κ2) is 9.98. The minimum absolute atomic E-state index is 0.472. The standard InChI is InChI=1S/C19H33NO2/c1-3-4-5-6-7-8-9-16-10-12-17(13-11-16)14-15-18(21)19(2,20)22/h10-13,18,21-22H,3-9,14-15,20H2,1-2H3. The van der Waals surface area contributed by atoms with Crippen LogP contribution in [-0.4, -0.2) is 22.0 Å². The molecule has 1 aromatic carbocycles. The number of unbranched alkanes of at least 4 members (excludes halogenated alkanes) is 5. The van der Waals surface area contributed by atoms with E-state index in [0.717, 1.165) is 12.8 Å². The summed E-state index contributed by atoms with van der Waals surface area (Å²) < 4.78 is 0. The monoisotopic (exact) mass is 307 g/mol. The van der Waals surface area contributed by atoms with E-state index in [2.05, 4.69) is 31.2 Å². The van der Waals surface area contributed by atoms with Crippen LogP contribution >= 0.6 is 0 Å². The molecule has 1 aromatic rings. The third kappa shape index (κ3) is 7.92. The fraction of sp³-hybridized carbons (Fsp3) is 0.684. The summed E-state index contributed by atoms with van der Waals surface area (Å²) in [4.78, 5) is 0. The molecule has 0 aliphatic heterocycles. The largest absolute Gasteiger partial charge is 0.389 e. The maximum Gasteiger partial charge on any atom is 0.136 e. The lowest BCUT2D eigenvalue weighted by atomic mass is 9.99. The quantitative estimate of drug-likeness (QED) is 0.432. The van der Waals surface area contributed by atoms with Crippen molar-refractivity contribution in [3.8, 4) is 0 Å². The Morgan fingerprint density at radius 1 is 0.955 bits per heavy atom. The molecule has 3 heteroatoms. The fourth-order valence-corrected chi connectivity index (χ4v) is 2.58. The van der Waals surface area contributed by atoms with Gasteiger partial charge in [-0.15, -0.1) is 0 Å². The van der Waals surface area contributed by atoms with Crippen molar-refractivity contribution in [2.45, 2.75) is 83.5 Å². The summed E-state index contributed by atoms with van der Waals surface area (Å²) in [6.45, 7) is 3.68. The van der Waals surface area contributed by atoms with Crippen molar-refractivity contribution < 1.29 is 10.2 Å². The number of hydrogen-bond acceptors (Lipinski definition) is 3. The van der Waals surface area contributed by atoms with Gasteiger partial charge in [0.05, 0.1) is 6.10 Å². The highest BCUT2D eigenvalue weighted by molar-refractivity contribution is 5.22. The van der Waals surface area contributed by atoms with Crippen molar-refractivity contribution in [1.82, 2.24) is 0 Å². The third-order valence-electron chi connectivity index (χ3n) is 4.22. The van der Waals surface area contributed by atoms with Crippen LogP contribution < -0.4 is 5.73 Å². The van der Waals surface area contributed by atoms with Crippen molar-refractivity contribution in [3.63, 3.8) is 0 Å². The molecule has 3 nitrogen and oxygen atoms in total. The molecule has 0 bridgehead atoms. The molecule has 4 N–H and O–H groups in total. The average Bonchev–Trinajstić information content (AvgIpc) is 2.48. The molecular weight excluding hydrogens is 274 g/mol. The maximum atomic E-state index is 9.73. The van der Waals surface area contributed by atoms with Gasteiger partial charge in [-0.05, 0) is 43.7 Å². The van der Waals surface area contributed by atoms with Crippen LogP contribution in [0.4, 0.5) is 0 Å². The van der Waals surface area contributed by atoms with E-state index < -0.39 is 11.8 Å². The molecule has 0 aliphatic rings. The van der Waals surface area contributed by atoms with Crippen molar-refractivity contribution in [2.75, 3.05) is 0 Å². The van der Waals surface area contributed by atoms with Crippen LogP contribution in [0.2, 0.25) is 0 Å². The van der Waals surface area contributed by atoms with Gasteiger partial charge in [0.2, 0.25) is 0 Å². The highest BCUT2D eigenvalue weighted by atomic mass is 16.4. The molecule has 22 heavy (non-hydrogen) atoms. The van der Waals surface area contributed by atoms with E-state index in [0.29, 0.717) is 6.42 Å². The Morgan fingerprint density at radius 2 is 1.45 bits per heavy atom. The molecule has 0 heterocycles. The summed E-state index contributed by atoms with van der Waals surface area (Å²) in [5.74, 6) is 0. The Kier molecular flexibility index (Phi) is 8.69. The molecule has 0 aromatic heterocycles. The van der Waals surface area contributed by atoms with E-state index in [1.807, 2.05) is 0 Å². The smallest absolute Gasteiger partial charge is 0.136 e. The normalized spacial score (nSPS) is 15.5. The zero-order valence-corrected chi connectivity index (χ0v) is 14.2. The predicted molar refractivity (Wildman–Crippen MR) is 92.7 cm³/mol. The van der Waals surface area contributed by atoms with Crippen LogP contribution in [-0.2, 0) is 12.8 Å². The summed E-state index contributed by atoms with van der Waals surface area (Å²) >= 11 is 0. The second-order valence-corrected chi connectivity index (χ2v) is 6.61. The molecule has 2 unspecified atom stereocenters. The SMILES string of the molecule is CCCCCCCCc1ccc(CCC(O)C(C)(N)O)cc1. The van der Waals surface area contributed by atoms with Gasteiger partial charge in [0.15, 0.2) is 0 Å². The van der Waals surface area contributed by atoms with Crippen LogP contribution in [0.15, 0.2) is 24.3 Å². The Labute approximate surface area is 135 Å². The van der Waals surface area contributed by atoms with Gasteiger partial charge in [0, 0.05) is 0 Å². The number of hydrogen-bond donors (Lipinski definition) is 3. The highest BCUT2D eigenvalue weighted by Crippen LogP contribution is 2.14. The number of aliphatic hydroxyl groups excluding tert-OH is 1. The number of nitrogens with two attached hydrogens (primary N) is 1. The zero-order valence-electron chi connectivity index (χ0n) is 14.2. The first kappa shape index (κ1) is 19.1. The van der Waals surface area contributed by atoms with Gasteiger partial charge in [-0.2, -0.15) is 0 Å². The van der Waals surface area contributed by atoms with E-state index >= 15 is 0 Å². The number of rotatable bonds is 11. The van der Waals surface area contributed by atoms with Crippen molar-refractivity contribution in [1.29, 1.82) is 0 Å². The van der Waals surface area contributed by atoms with Gasteiger partial charge < -0.3 is 15.9 Å². The lowest BCUT2D eigenvalue weighted by molar-refractivity contribution is -0.0600. The van der Waals surface area contributed by atoms with Gasteiger partial charge in [-0.3, -0.25) is 0 Å². The molecule has 1 rings (SSSR count). The number of aryl methyl sites for hydroxylation is 2. The lowest BCUT2D eigenvalue weighted by Gasteiger charge is -2.24.